The van der Waals surface area contributed by atoms with Crippen molar-refractivity contribution >= 4 is 15.9 Å². The highest BCUT2D eigenvalue weighted by Gasteiger charge is 2.08. The van der Waals surface area contributed by atoms with Crippen molar-refractivity contribution in [3.8, 4) is 17.2 Å². The summed E-state index contributed by atoms with van der Waals surface area (Å²) in [6.45, 7) is 1.40. The summed E-state index contributed by atoms with van der Waals surface area (Å²) in [5.41, 5.74) is 2.18. The molecule has 0 saturated heterocycles. The molecule has 0 aliphatic heterocycles. The largest absolute Gasteiger partial charge is 0.497 e. The van der Waals surface area contributed by atoms with Crippen molar-refractivity contribution in [3.05, 3.63) is 52.0 Å². The van der Waals surface area contributed by atoms with Crippen LogP contribution in [-0.2, 0) is 13.1 Å². The van der Waals surface area contributed by atoms with E-state index in [1.54, 1.807) is 21.3 Å². The Bertz CT molecular complexity index is 631. The summed E-state index contributed by atoms with van der Waals surface area (Å²) in [5.74, 6) is 2.46. The minimum absolute atomic E-state index is 0.697. The van der Waals surface area contributed by atoms with Crippen LogP contribution in [0.4, 0.5) is 0 Å². The third-order valence-electron chi connectivity index (χ3n) is 3.38. The third-order valence-corrected chi connectivity index (χ3v) is 4.00. The number of para-hydroxylation sites is 1. The van der Waals surface area contributed by atoms with E-state index in [0.29, 0.717) is 13.1 Å². The zero-order valence-electron chi connectivity index (χ0n) is 13.0. The summed E-state index contributed by atoms with van der Waals surface area (Å²) in [5, 5.41) is 3.41. The number of hydrogen-bond acceptors (Lipinski definition) is 4. The van der Waals surface area contributed by atoms with E-state index >= 15 is 0 Å². The molecule has 2 aromatic rings. The van der Waals surface area contributed by atoms with Gasteiger partial charge in [0, 0.05) is 30.3 Å². The van der Waals surface area contributed by atoms with E-state index in [0.717, 1.165) is 32.8 Å². The Kier molecular flexibility index (Phi) is 6.10. The van der Waals surface area contributed by atoms with Crippen molar-refractivity contribution in [2.24, 2.45) is 0 Å². The second-order valence-electron chi connectivity index (χ2n) is 4.71. The molecular formula is C17H20BrNO3. The van der Waals surface area contributed by atoms with Gasteiger partial charge in [-0.2, -0.15) is 0 Å². The normalized spacial score (nSPS) is 10.4. The summed E-state index contributed by atoms with van der Waals surface area (Å²) >= 11 is 3.50. The van der Waals surface area contributed by atoms with Crippen molar-refractivity contribution in [1.82, 2.24) is 5.32 Å². The molecule has 0 saturated carbocycles. The van der Waals surface area contributed by atoms with Crippen molar-refractivity contribution in [2.45, 2.75) is 13.1 Å². The molecule has 0 amide bonds. The summed E-state index contributed by atoms with van der Waals surface area (Å²) in [4.78, 5) is 0. The summed E-state index contributed by atoms with van der Waals surface area (Å²) in [6.07, 6.45) is 0. The molecule has 0 aliphatic rings. The monoisotopic (exact) mass is 365 g/mol. The fourth-order valence-electron chi connectivity index (χ4n) is 2.25. The number of methoxy groups -OCH3 is 3. The van der Waals surface area contributed by atoms with Gasteiger partial charge in [0.15, 0.2) is 0 Å². The number of benzene rings is 2. The summed E-state index contributed by atoms with van der Waals surface area (Å²) < 4.78 is 17.0. The Morgan fingerprint density at radius 2 is 1.68 bits per heavy atom. The van der Waals surface area contributed by atoms with Gasteiger partial charge in [0.1, 0.15) is 17.2 Å². The van der Waals surface area contributed by atoms with E-state index < -0.39 is 0 Å². The molecule has 0 atom stereocenters. The smallest absolute Gasteiger partial charge is 0.137 e. The first-order valence-corrected chi connectivity index (χ1v) is 7.72. The number of halogens is 1. The van der Waals surface area contributed by atoms with E-state index in [1.807, 2.05) is 36.4 Å². The SMILES string of the molecule is COc1ccc(CNCc2cccc(Br)c2OC)c(OC)c1. The first-order chi connectivity index (χ1) is 10.7. The summed E-state index contributed by atoms with van der Waals surface area (Å²) in [6, 6.07) is 11.8. The Morgan fingerprint density at radius 1 is 0.909 bits per heavy atom. The van der Waals surface area contributed by atoms with E-state index in [1.165, 1.54) is 0 Å². The van der Waals surface area contributed by atoms with Crippen LogP contribution < -0.4 is 19.5 Å². The van der Waals surface area contributed by atoms with E-state index in [2.05, 4.69) is 21.2 Å². The number of nitrogens with one attached hydrogen (secondary N) is 1. The minimum Gasteiger partial charge on any atom is -0.497 e. The number of ether oxygens (including phenoxy) is 3. The lowest BCUT2D eigenvalue weighted by Gasteiger charge is -2.13. The maximum Gasteiger partial charge on any atom is 0.137 e. The molecule has 0 aliphatic carbocycles. The van der Waals surface area contributed by atoms with Gasteiger partial charge in [-0.25, -0.2) is 0 Å². The van der Waals surface area contributed by atoms with Crippen molar-refractivity contribution in [1.29, 1.82) is 0 Å². The first-order valence-electron chi connectivity index (χ1n) is 6.92. The second-order valence-corrected chi connectivity index (χ2v) is 5.57. The molecule has 0 spiro atoms. The van der Waals surface area contributed by atoms with Gasteiger partial charge in [0.25, 0.3) is 0 Å². The molecule has 0 fully saturated rings. The van der Waals surface area contributed by atoms with Gasteiger partial charge in [-0.1, -0.05) is 18.2 Å². The Hall–Kier alpha value is -1.72. The number of hydrogen-bond donors (Lipinski definition) is 1. The zero-order valence-corrected chi connectivity index (χ0v) is 14.6. The zero-order chi connectivity index (χ0) is 15.9. The highest BCUT2D eigenvalue weighted by molar-refractivity contribution is 9.10. The minimum atomic E-state index is 0.697. The van der Waals surface area contributed by atoms with E-state index in [9.17, 15) is 0 Å². The van der Waals surface area contributed by atoms with Gasteiger partial charge in [0.2, 0.25) is 0 Å². The van der Waals surface area contributed by atoms with Crippen molar-refractivity contribution in [3.63, 3.8) is 0 Å². The highest BCUT2D eigenvalue weighted by Crippen LogP contribution is 2.29. The topological polar surface area (TPSA) is 39.7 Å². The lowest BCUT2D eigenvalue weighted by Crippen LogP contribution is -2.14. The molecular weight excluding hydrogens is 346 g/mol. The fourth-order valence-corrected chi connectivity index (χ4v) is 2.82. The van der Waals surface area contributed by atoms with Crippen LogP contribution in [0.1, 0.15) is 11.1 Å². The molecule has 4 nitrogen and oxygen atoms in total. The van der Waals surface area contributed by atoms with Crippen LogP contribution in [0.3, 0.4) is 0 Å². The third kappa shape index (κ3) is 3.93. The molecule has 5 heteroatoms. The Balaban J connectivity index is 2.04. The highest BCUT2D eigenvalue weighted by atomic mass is 79.9. The first kappa shape index (κ1) is 16.6. The maximum absolute atomic E-state index is 5.43. The average molecular weight is 366 g/mol. The van der Waals surface area contributed by atoms with Gasteiger partial charge in [0.05, 0.1) is 25.8 Å². The molecule has 0 heterocycles. The molecule has 0 unspecified atom stereocenters. The van der Waals surface area contributed by atoms with Crippen LogP contribution in [0.5, 0.6) is 17.2 Å². The predicted molar refractivity (Wildman–Crippen MR) is 90.8 cm³/mol. The Morgan fingerprint density at radius 3 is 2.36 bits per heavy atom. The summed E-state index contributed by atoms with van der Waals surface area (Å²) in [7, 11) is 4.98. The van der Waals surface area contributed by atoms with Crippen LogP contribution in [0, 0.1) is 0 Å². The van der Waals surface area contributed by atoms with Crippen LogP contribution in [0.2, 0.25) is 0 Å². The molecule has 2 aromatic carbocycles. The van der Waals surface area contributed by atoms with Gasteiger partial charge in [-0.15, -0.1) is 0 Å². The van der Waals surface area contributed by atoms with Crippen LogP contribution >= 0.6 is 15.9 Å². The number of rotatable bonds is 7. The second kappa shape index (κ2) is 8.06. The van der Waals surface area contributed by atoms with Gasteiger partial charge in [-0.05, 0) is 28.1 Å². The molecule has 22 heavy (non-hydrogen) atoms. The van der Waals surface area contributed by atoms with Crippen LogP contribution in [-0.4, -0.2) is 21.3 Å². The van der Waals surface area contributed by atoms with Crippen LogP contribution in [0.15, 0.2) is 40.9 Å². The van der Waals surface area contributed by atoms with E-state index in [4.69, 9.17) is 14.2 Å². The van der Waals surface area contributed by atoms with Crippen molar-refractivity contribution < 1.29 is 14.2 Å². The van der Waals surface area contributed by atoms with Gasteiger partial charge < -0.3 is 19.5 Å². The standard InChI is InChI=1S/C17H20BrNO3/c1-20-14-8-7-12(16(9-14)21-2)10-19-11-13-5-4-6-15(18)17(13)22-3/h4-9,19H,10-11H2,1-3H3. The molecule has 0 radical (unpaired) electrons. The molecule has 1 N–H and O–H groups in total. The van der Waals surface area contributed by atoms with Gasteiger partial charge >= 0.3 is 0 Å². The fraction of sp³-hybridized carbons (Fsp3) is 0.294. The Labute approximate surface area is 139 Å². The average Bonchev–Trinajstić information content (AvgIpc) is 2.55. The lowest BCUT2D eigenvalue weighted by atomic mass is 10.1. The van der Waals surface area contributed by atoms with Crippen LogP contribution in [0.25, 0.3) is 0 Å². The van der Waals surface area contributed by atoms with E-state index in [-0.39, 0.29) is 0 Å². The van der Waals surface area contributed by atoms with Crippen molar-refractivity contribution in [2.75, 3.05) is 21.3 Å². The maximum atomic E-state index is 5.43. The molecule has 0 bridgehead atoms. The molecule has 2 rings (SSSR count). The quantitative estimate of drug-likeness (QED) is 0.810. The van der Waals surface area contributed by atoms with Gasteiger partial charge in [-0.3, -0.25) is 0 Å². The molecule has 0 aromatic heterocycles. The lowest BCUT2D eigenvalue weighted by molar-refractivity contribution is 0.389. The molecule has 118 valence electrons. The predicted octanol–water partition coefficient (Wildman–Crippen LogP) is 3.76.